The first kappa shape index (κ1) is 8.39. The van der Waals surface area contributed by atoms with E-state index >= 15 is 0 Å². The second-order valence-corrected chi connectivity index (χ2v) is 1.74. The van der Waals surface area contributed by atoms with E-state index in [4.69, 9.17) is 0 Å². The van der Waals surface area contributed by atoms with Gasteiger partial charge in [0.1, 0.15) is 6.04 Å². The minimum Gasteiger partial charge on any atom is -0.358 e. The fourth-order valence-electron chi connectivity index (χ4n) is 0.581. The number of carbonyl (C=O) groups is 1. The lowest BCUT2D eigenvalue weighted by molar-refractivity contribution is -0.370. The molecule has 0 bridgehead atoms. The highest BCUT2D eigenvalue weighted by molar-refractivity contribution is 5.81. The quantitative estimate of drug-likeness (QED) is 0.399. The van der Waals surface area contributed by atoms with E-state index in [1.807, 2.05) is 0 Å². The molecular weight excluding hydrogens is 118 g/mol. The van der Waals surface area contributed by atoms with Crippen LogP contribution in [0.2, 0.25) is 0 Å². The van der Waals surface area contributed by atoms with Gasteiger partial charge in [-0.2, -0.15) is 0 Å². The third-order valence-corrected chi connectivity index (χ3v) is 1.20. The monoisotopic (exact) mass is 132 g/mol. The molecule has 0 aliphatic carbocycles. The van der Waals surface area contributed by atoms with Gasteiger partial charge in [-0.25, -0.2) is 0 Å². The van der Waals surface area contributed by atoms with Gasteiger partial charge in [0.05, 0.1) is 6.54 Å². The minimum atomic E-state index is -0.144. The minimum absolute atomic E-state index is 0.00694. The number of amides is 1. The Morgan fingerprint density at radius 3 is 2.33 bits per heavy atom. The molecular formula is C5H14N3O+. The maximum atomic E-state index is 10.8. The summed E-state index contributed by atoms with van der Waals surface area (Å²) < 4.78 is 0. The van der Waals surface area contributed by atoms with Crippen LogP contribution < -0.4 is 16.4 Å². The Bertz CT molecular complexity index is 90.2. The SMILES string of the molecule is CNC(=O)[C@H](C[NH3+])NC. The molecule has 0 saturated carbocycles. The van der Waals surface area contributed by atoms with Gasteiger partial charge in [0.15, 0.2) is 0 Å². The van der Waals surface area contributed by atoms with Gasteiger partial charge in [0.25, 0.3) is 0 Å². The molecule has 0 unspecified atom stereocenters. The number of hydrogen-bond acceptors (Lipinski definition) is 2. The molecule has 0 heterocycles. The lowest BCUT2D eigenvalue weighted by Gasteiger charge is -2.08. The molecule has 54 valence electrons. The van der Waals surface area contributed by atoms with Gasteiger partial charge in [-0.05, 0) is 7.05 Å². The summed E-state index contributed by atoms with van der Waals surface area (Å²) in [6, 6.07) is -0.144. The molecule has 0 aliphatic heterocycles. The van der Waals surface area contributed by atoms with Crippen LogP contribution >= 0.6 is 0 Å². The lowest BCUT2D eigenvalue weighted by atomic mass is 10.3. The van der Waals surface area contributed by atoms with E-state index in [0.717, 1.165) is 0 Å². The van der Waals surface area contributed by atoms with Gasteiger partial charge in [-0.1, -0.05) is 0 Å². The molecule has 4 heteroatoms. The van der Waals surface area contributed by atoms with Gasteiger partial charge < -0.3 is 16.4 Å². The topological polar surface area (TPSA) is 68.8 Å². The first-order valence-electron chi connectivity index (χ1n) is 2.94. The van der Waals surface area contributed by atoms with Gasteiger partial charge in [0.2, 0.25) is 5.91 Å². The van der Waals surface area contributed by atoms with Crippen LogP contribution in [0.3, 0.4) is 0 Å². The van der Waals surface area contributed by atoms with Crippen molar-refractivity contribution in [3.8, 4) is 0 Å². The Morgan fingerprint density at radius 1 is 1.67 bits per heavy atom. The highest BCUT2D eigenvalue weighted by Crippen LogP contribution is 1.74. The van der Waals surface area contributed by atoms with Gasteiger partial charge in [-0.3, -0.25) is 4.79 Å². The van der Waals surface area contributed by atoms with E-state index in [1.54, 1.807) is 14.1 Å². The Balaban J connectivity index is 3.64. The Labute approximate surface area is 54.8 Å². The summed E-state index contributed by atoms with van der Waals surface area (Å²) in [5, 5.41) is 5.35. The second-order valence-electron chi connectivity index (χ2n) is 1.74. The van der Waals surface area contributed by atoms with Gasteiger partial charge >= 0.3 is 0 Å². The first-order chi connectivity index (χ1) is 4.26. The maximum absolute atomic E-state index is 10.8. The smallest absolute Gasteiger partial charge is 0.242 e. The first-order valence-corrected chi connectivity index (χ1v) is 2.94. The Morgan fingerprint density at radius 2 is 2.22 bits per heavy atom. The summed E-state index contributed by atoms with van der Waals surface area (Å²) in [5.74, 6) is -0.00694. The molecule has 0 fully saturated rings. The molecule has 0 aliphatic rings. The van der Waals surface area contributed by atoms with Crippen LogP contribution in [0, 0.1) is 0 Å². The van der Waals surface area contributed by atoms with E-state index in [2.05, 4.69) is 16.4 Å². The van der Waals surface area contributed by atoms with E-state index < -0.39 is 0 Å². The van der Waals surface area contributed by atoms with Crippen molar-refractivity contribution >= 4 is 5.91 Å². The molecule has 5 N–H and O–H groups in total. The summed E-state index contributed by atoms with van der Waals surface area (Å²) in [6.07, 6.45) is 0. The zero-order valence-electron chi connectivity index (χ0n) is 5.90. The largest absolute Gasteiger partial charge is 0.358 e. The summed E-state index contributed by atoms with van der Waals surface area (Å²) in [7, 11) is 3.35. The number of nitrogens with one attached hydrogen (secondary N) is 2. The average Bonchev–Trinajstić information content (AvgIpc) is 1.90. The fourth-order valence-corrected chi connectivity index (χ4v) is 0.581. The van der Waals surface area contributed by atoms with Crippen LogP contribution in [-0.2, 0) is 4.79 Å². The van der Waals surface area contributed by atoms with Crippen molar-refractivity contribution in [3.05, 3.63) is 0 Å². The van der Waals surface area contributed by atoms with E-state index in [1.165, 1.54) is 0 Å². The molecule has 0 aromatic carbocycles. The summed E-state index contributed by atoms with van der Waals surface area (Å²) in [4.78, 5) is 10.8. The maximum Gasteiger partial charge on any atom is 0.242 e. The van der Waals surface area contributed by atoms with Crippen molar-refractivity contribution < 1.29 is 10.5 Å². The predicted octanol–water partition coefficient (Wildman–Crippen LogP) is -2.44. The average molecular weight is 132 g/mol. The number of carbonyl (C=O) groups excluding carboxylic acids is 1. The van der Waals surface area contributed by atoms with Crippen molar-refractivity contribution in [2.24, 2.45) is 0 Å². The van der Waals surface area contributed by atoms with Crippen LogP contribution in [0.25, 0.3) is 0 Å². The van der Waals surface area contributed by atoms with Crippen molar-refractivity contribution in [2.75, 3.05) is 20.6 Å². The highest BCUT2D eigenvalue weighted by atomic mass is 16.2. The Hall–Kier alpha value is -0.610. The molecule has 0 saturated heterocycles. The van der Waals surface area contributed by atoms with Gasteiger partial charge in [0, 0.05) is 7.05 Å². The van der Waals surface area contributed by atoms with Crippen molar-refractivity contribution in [1.82, 2.24) is 10.6 Å². The molecule has 0 aromatic heterocycles. The number of likely N-dealkylation sites (N-methyl/N-ethyl adjacent to an activating group) is 2. The van der Waals surface area contributed by atoms with Crippen LogP contribution in [0.4, 0.5) is 0 Å². The number of quaternary nitrogens is 1. The summed E-state index contributed by atoms with van der Waals surface area (Å²) in [5.41, 5.74) is 3.60. The normalized spacial score (nSPS) is 12.8. The van der Waals surface area contributed by atoms with Crippen molar-refractivity contribution in [2.45, 2.75) is 6.04 Å². The predicted molar refractivity (Wildman–Crippen MR) is 34.7 cm³/mol. The van der Waals surface area contributed by atoms with E-state index in [-0.39, 0.29) is 11.9 Å². The van der Waals surface area contributed by atoms with Crippen LogP contribution in [0.15, 0.2) is 0 Å². The third kappa shape index (κ3) is 2.43. The molecule has 9 heavy (non-hydrogen) atoms. The molecule has 0 aromatic rings. The summed E-state index contributed by atoms with van der Waals surface area (Å²) in [6.45, 7) is 0.580. The van der Waals surface area contributed by atoms with E-state index in [9.17, 15) is 4.79 Å². The molecule has 0 spiro atoms. The molecule has 4 nitrogen and oxygen atoms in total. The number of hydrogen-bond donors (Lipinski definition) is 3. The molecule has 0 rings (SSSR count). The second kappa shape index (κ2) is 4.29. The molecule has 1 atom stereocenters. The highest BCUT2D eigenvalue weighted by Gasteiger charge is 2.12. The van der Waals surface area contributed by atoms with E-state index in [0.29, 0.717) is 6.54 Å². The van der Waals surface area contributed by atoms with Crippen LogP contribution in [0.5, 0.6) is 0 Å². The standard InChI is InChI=1S/C5H13N3O/c1-7-4(3-6)5(9)8-2/h4,7H,3,6H2,1-2H3,(H,8,9)/p+1/t4-/m0/s1. The Kier molecular flexibility index (Phi) is 4.00. The molecule has 1 amide bonds. The fraction of sp³-hybridized carbons (Fsp3) is 0.800. The number of rotatable bonds is 3. The zero-order valence-corrected chi connectivity index (χ0v) is 5.90. The zero-order chi connectivity index (χ0) is 7.28. The van der Waals surface area contributed by atoms with Crippen molar-refractivity contribution in [3.63, 3.8) is 0 Å². The van der Waals surface area contributed by atoms with Gasteiger partial charge in [-0.15, -0.1) is 0 Å². The third-order valence-electron chi connectivity index (χ3n) is 1.20. The van der Waals surface area contributed by atoms with Crippen molar-refractivity contribution in [1.29, 1.82) is 0 Å². The lowest BCUT2D eigenvalue weighted by Crippen LogP contribution is -2.62. The summed E-state index contributed by atoms with van der Waals surface area (Å²) >= 11 is 0. The van der Waals surface area contributed by atoms with Crippen LogP contribution in [-0.4, -0.2) is 32.6 Å². The molecule has 0 radical (unpaired) electrons. The van der Waals surface area contributed by atoms with Crippen LogP contribution in [0.1, 0.15) is 0 Å².